The van der Waals surface area contributed by atoms with Gasteiger partial charge in [0.25, 0.3) is 6.54 Å². The number of Topliss-reactive ketones (excluding diaryl/α,β-unsaturated/α-hetero) is 1. The lowest BCUT2D eigenvalue weighted by Crippen LogP contribution is -2.24. The summed E-state index contributed by atoms with van der Waals surface area (Å²) in [5.74, 6) is 1.32. The van der Waals surface area contributed by atoms with E-state index in [1.165, 1.54) is 0 Å². The molecule has 1 aromatic rings. The van der Waals surface area contributed by atoms with Crippen molar-refractivity contribution in [2.24, 2.45) is 5.92 Å². The Morgan fingerprint density at radius 1 is 1.26 bits per heavy atom. The molecule has 0 bridgehead atoms. The van der Waals surface area contributed by atoms with Crippen LogP contribution in [0.2, 0.25) is 0 Å². The molecule has 2 saturated heterocycles. The Kier molecular flexibility index (Phi) is 7.04. The van der Waals surface area contributed by atoms with E-state index >= 15 is 0 Å². The maximum atomic E-state index is 11.1. The van der Waals surface area contributed by atoms with E-state index in [0.29, 0.717) is 24.9 Å². The molecule has 0 radical (unpaired) electrons. The maximum absolute atomic E-state index is 11.1. The fourth-order valence-electron chi connectivity index (χ4n) is 2.80. The number of carbonyl (C=O) groups excluding carboxylic acids is 1. The van der Waals surface area contributed by atoms with Crippen molar-refractivity contribution in [1.82, 2.24) is 10.2 Å². The van der Waals surface area contributed by atoms with Gasteiger partial charge in [-0.1, -0.05) is 0 Å². The van der Waals surface area contributed by atoms with Gasteiger partial charge in [-0.25, -0.2) is 6.57 Å². The molecule has 0 spiro atoms. The third kappa shape index (κ3) is 5.66. The van der Waals surface area contributed by atoms with E-state index in [1.807, 2.05) is 6.07 Å². The Morgan fingerprint density at radius 3 is 2.39 bits per heavy atom. The Balaban J connectivity index is 0.000000168. The van der Waals surface area contributed by atoms with Gasteiger partial charge in [-0.3, -0.25) is 9.89 Å². The van der Waals surface area contributed by atoms with Crippen LogP contribution < -0.4 is 5.73 Å². The van der Waals surface area contributed by atoms with E-state index in [4.69, 9.17) is 21.8 Å². The van der Waals surface area contributed by atoms with Gasteiger partial charge in [-0.2, -0.15) is 5.10 Å². The molecule has 3 heterocycles. The standard InChI is InChI=1S/C8H13N3O.C8H11NO2/c9-8-5-7(10-11-8)6-1-3-12-4-2-6;1-9-6-8(10)7-2-4-11-5-3-7/h5-6H,1-4H2,(H3,9,10,11);7H,2-6H2. The number of nitrogens with two attached hydrogens (primary N) is 1. The van der Waals surface area contributed by atoms with E-state index in [1.54, 1.807) is 0 Å². The van der Waals surface area contributed by atoms with Gasteiger partial charge in [-0.15, -0.1) is 0 Å². The zero-order chi connectivity index (χ0) is 16.5. The molecule has 3 N–H and O–H groups in total. The van der Waals surface area contributed by atoms with Gasteiger partial charge in [0.1, 0.15) is 5.82 Å². The van der Waals surface area contributed by atoms with Crippen molar-refractivity contribution in [2.75, 3.05) is 38.7 Å². The Hall–Kier alpha value is -1.91. The highest BCUT2D eigenvalue weighted by Crippen LogP contribution is 2.25. The molecule has 0 amide bonds. The van der Waals surface area contributed by atoms with Crippen LogP contribution in [0, 0.1) is 12.5 Å². The minimum atomic E-state index is 0.0463. The second-order valence-electron chi connectivity index (χ2n) is 5.80. The number of aromatic amines is 1. The fraction of sp³-hybridized carbons (Fsp3) is 0.688. The first-order valence-corrected chi connectivity index (χ1v) is 8.03. The number of hydrogen-bond acceptors (Lipinski definition) is 5. The number of nitrogens with zero attached hydrogens (tertiary/aromatic N) is 2. The summed E-state index contributed by atoms with van der Waals surface area (Å²) in [5.41, 5.74) is 6.66. The molecule has 7 nitrogen and oxygen atoms in total. The number of aromatic nitrogens is 2. The number of hydrogen-bond donors (Lipinski definition) is 2. The molecule has 2 fully saturated rings. The van der Waals surface area contributed by atoms with Crippen LogP contribution in [0.3, 0.4) is 0 Å². The van der Waals surface area contributed by atoms with Crippen LogP contribution >= 0.6 is 0 Å². The number of H-pyrrole nitrogens is 1. The van der Waals surface area contributed by atoms with Crippen molar-refractivity contribution in [3.8, 4) is 0 Å². The van der Waals surface area contributed by atoms with Gasteiger partial charge >= 0.3 is 0 Å². The van der Waals surface area contributed by atoms with Crippen molar-refractivity contribution in [1.29, 1.82) is 0 Å². The lowest BCUT2D eigenvalue weighted by atomic mass is 9.95. The SMILES string of the molecule is Nc1cc(C2CCOCC2)[nH]n1.[C-]#[N+]CC(=O)C1CCOCC1. The third-order valence-electron chi connectivity index (χ3n) is 4.19. The molecule has 0 aliphatic carbocycles. The zero-order valence-electron chi connectivity index (χ0n) is 13.3. The zero-order valence-corrected chi connectivity index (χ0v) is 13.3. The molecule has 0 atom stereocenters. The number of carbonyl (C=O) groups is 1. The number of ether oxygens (including phenoxy) is 2. The van der Waals surface area contributed by atoms with Crippen LogP contribution in [-0.2, 0) is 14.3 Å². The first-order chi connectivity index (χ1) is 11.2. The van der Waals surface area contributed by atoms with E-state index in [9.17, 15) is 4.79 Å². The summed E-state index contributed by atoms with van der Waals surface area (Å²) in [6.07, 6.45) is 3.74. The average Bonchev–Trinajstić information content (AvgIpc) is 3.04. The quantitative estimate of drug-likeness (QED) is 0.828. The predicted octanol–water partition coefficient (Wildman–Crippen LogP) is 1.79. The number of anilines is 1. The summed E-state index contributed by atoms with van der Waals surface area (Å²) in [6.45, 7) is 9.62. The average molecular weight is 320 g/mol. The fourth-order valence-corrected chi connectivity index (χ4v) is 2.80. The van der Waals surface area contributed by atoms with Crippen LogP contribution in [0.25, 0.3) is 4.85 Å². The largest absolute Gasteiger partial charge is 0.382 e. The molecule has 2 aliphatic rings. The van der Waals surface area contributed by atoms with Gasteiger partial charge in [0.15, 0.2) is 0 Å². The molecular weight excluding hydrogens is 296 g/mol. The Morgan fingerprint density at radius 2 is 1.87 bits per heavy atom. The summed E-state index contributed by atoms with van der Waals surface area (Å²) >= 11 is 0. The first-order valence-electron chi connectivity index (χ1n) is 8.03. The van der Waals surface area contributed by atoms with Gasteiger partial charge < -0.3 is 20.1 Å². The highest BCUT2D eigenvalue weighted by Gasteiger charge is 2.22. The van der Waals surface area contributed by atoms with E-state index in [2.05, 4.69) is 15.0 Å². The molecule has 7 heteroatoms. The number of nitrogens with one attached hydrogen (secondary N) is 1. The second kappa shape index (κ2) is 9.28. The van der Waals surface area contributed by atoms with Crippen LogP contribution in [0.5, 0.6) is 0 Å². The van der Waals surface area contributed by atoms with Gasteiger partial charge in [0.05, 0.1) is 0 Å². The predicted molar refractivity (Wildman–Crippen MR) is 85.8 cm³/mol. The van der Waals surface area contributed by atoms with Crippen molar-refractivity contribution >= 4 is 11.6 Å². The van der Waals surface area contributed by atoms with E-state index in [0.717, 1.165) is 44.6 Å². The Labute approximate surface area is 136 Å². The number of nitrogen functional groups attached to an aromatic ring is 1. The molecule has 2 aliphatic heterocycles. The normalized spacial score (nSPS) is 19.4. The molecule has 126 valence electrons. The maximum Gasteiger partial charge on any atom is 0.272 e. The van der Waals surface area contributed by atoms with E-state index in [-0.39, 0.29) is 18.2 Å². The summed E-state index contributed by atoms with van der Waals surface area (Å²) in [5, 5.41) is 6.85. The van der Waals surface area contributed by atoms with Crippen molar-refractivity contribution in [3.63, 3.8) is 0 Å². The van der Waals surface area contributed by atoms with Crippen LogP contribution in [0.1, 0.15) is 37.3 Å². The van der Waals surface area contributed by atoms with Crippen molar-refractivity contribution in [3.05, 3.63) is 23.2 Å². The smallest absolute Gasteiger partial charge is 0.272 e. The van der Waals surface area contributed by atoms with Gasteiger partial charge in [0, 0.05) is 50.0 Å². The van der Waals surface area contributed by atoms with Gasteiger partial charge in [0.2, 0.25) is 5.78 Å². The minimum Gasteiger partial charge on any atom is -0.382 e. The van der Waals surface area contributed by atoms with Crippen LogP contribution in [-0.4, -0.2) is 49.0 Å². The highest BCUT2D eigenvalue weighted by molar-refractivity contribution is 5.84. The first kappa shape index (κ1) is 17.4. The Bertz CT molecular complexity index is 526. The summed E-state index contributed by atoms with van der Waals surface area (Å²) in [4.78, 5) is 14.2. The third-order valence-corrected chi connectivity index (χ3v) is 4.19. The summed E-state index contributed by atoms with van der Waals surface area (Å²) in [7, 11) is 0. The van der Waals surface area contributed by atoms with E-state index < -0.39 is 0 Å². The topological polar surface area (TPSA) is 94.6 Å². The monoisotopic (exact) mass is 320 g/mol. The second-order valence-corrected chi connectivity index (χ2v) is 5.80. The molecule has 0 saturated carbocycles. The van der Waals surface area contributed by atoms with Crippen molar-refractivity contribution < 1.29 is 14.3 Å². The number of rotatable bonds is 3. The minimum absolute atomic E-state index is 0.0463. The lowest BCUT2D eigenvalue weighted by molar-refractivity contribution is -0.123. The molecule has 0 aromatic carbocycles. The van der Waals surface area contributed by atoms with Crippen LogP contribution in [0.15, 0.2) is 6.07 Å². The van der Waals surface area contributed by atoms with Crippen molar-refractivity contribution in [2.45, 2.75) is 31.6 Å². The number of ketones is 1. The van der Waals surface area contributed by atoms with Gasteiger partial charge in [-0.05, 0) is 25.7 Å². The molecule has 23 heavy (non-hydrogen) atoms. The molecule has 0 unspecified atom stereocenters. The summed E-state index contributed by atoms with van der Waals surface area (Å²) < 4.78 is 10.4. The molecular formula is C16H24N4O3. The summed E-state index contributed by atoms with van der Waals surface area (Å²) in [6, 6.07) is 1.91. The van der Waals surface area contributed by atoms with Crippen LogP contribution in [0.4, 0.5) is 5.82 Å². The molecule has 1 aromatic heterocycles. The highest BCUT2D eigenvalue weighted by atomic mass is 16.5. The molecule has 3 rings (SSSR count). The lowest BCUT2D eigenvalue weighted by Gasteiger charge is -2.20.